The van der Waals surface area contributed by atoms with Gasteiger partial charge in [0, 0.05) is 31.3 Å². The summed E-state index contributed by atoms with van der Waals surface area (Å²) >= 11 is 0. The molecule has 24 heavy (non-hydrogen) atoms. The van der Waals surface area contributed by atoms with E-state index in [1.807, 2.05) is 4.57 Å². The first kappa shape index (κ1) is 16.8. The molecule has 2 aromatic heterocycles. The van der Waals surface area contributed by atoms with Crippen LogP contribution in [0.1, 0.15) is 6.42 Å². The van der Waals surface area contributed by atoms with Crippen LogP contribution in [0.25, 0.3) is 11.4 Å². The van der Waals surface area contributed by atoms with E-state index in [0.29, 0.717) is 18.0 Å². The molecule has 0 bridgehead atoms. The Balaban J connectivity index is 1.69. The molecule has 2 aromatic rings. The fourth-order valence-electron chi connectivity index (χ4n) is 2.48. The van der Waals surface area contributed by atoms with E-state index in [1.54, 1.807) is 12.3 Å². The highest BCUT2D eigenvalue weighted by atomic mass is 28.3. The van der Waals surface area contributed by atoms with Crippen LogP contribution in [0.3, 0.4) is 0 Å². The maximum atomic E-state index is 12.3. The summed E-state index contributed by atoms with van der Waals surface area (Å²) in [6.07, 6.45) is 2.66. The number of aromatic nitrogens is 5. The standard InChI is InChI=1S/C15H24N6O2Si/c1-24(2,3)8-7-23-11-21-13(22)9-12(10-17-21)14-18-19-15-16-5-4-6-20(14)15/h9-10H,4-8,11H2,1-3H3,(H,16,19)/q-1. The average molecular weight is 348 g/mol. The van der Waals surface area contributed by atoms with E-state index >= 15 is 0 Å². The lowest BCUT2D eigenvalue weighted by Gasteiger charge is -2.26. The van der Waals surface area contributed by atoms with Crippen LogP contribution < -0.4 is 10.9 Å². The number of fused-ring (bicyclic) bond motifs is 1. The second-order valence-electron chi connectivity index (χ2n) is 7.21. The number of hydrogen-bond donors (Lipinski definition) is 1. The Hall–Kier alpha value is -2.00. The SMILES string of the molecule is C[Si-](C)(C)CCOCn1ncc(-c2nnc3n2CCCN3)cc1=O. The van der Waals surface area contributed by atoms with E-state index in [0.717, 1.165) is 31.5 Å². The number of hydrogen-bond acceptors (Lipinski definition) is 6. The number of rotatable bonds is 6. The Morgan fingerprint density at radius 3 is 2.92 bits per heavy atom. The van der Waals surface area contributed by atoms with Crippen LogP contribution >= 0.6 is 0 Å². The molecule has 0 amide bonds. The van der Waals surface area contributed by atoms with Gasteiger partial charge < -0.3 is 10.1 Å². The van der Waals surface area contributed by atoms with Crippen molar-refractivity contribution >= 4 is 14.0 Å². The first-order valence-corrected chi connectivity index (χ1v) is 12.0. The molecule has 0 aliphatic carbocycles. The molecular formula is C15H24N6O2Si-. The number of nitrogens with one attached hydrogen (secondary N) is 1. The second-order valence-corrected chi connectivity index (χ2v) is 12.8. The van der Waals surface area contributed by atoms with Gasteiger partial charge in [0.15, 0.2) is 5.82 Å². The summed E-state index contributed by atoms with van der Waals surface area (Å²) in [7, 11) is -1.13. The molecule has 0 radical (unpaired) electrons. The molecule has 1 N–H and O–H groups in total. The molecule has 3 heterocycles. The van der Waals surface area contributed by atoms with E-state index in [1.165, 1.54) is 4.68 Å². The maximum absolute atomic E-state index is 12.3. The summed E-state index contributed by atoms with van der Waals surface area (Å²) in [5.74, 6) is 1.42. The summed E-state index contributed by atoms with van der Waals surface area (Å²) in [6, 6.07) is 2.61. The van der Waals surface area contributed by atoms with Crippen LogP contribution in [-0.2, 0) is 18.0 Å². The van der Waals surface area contributed by atoms with E-state index < -0.39 is 8.07 Å². The maximum Gasteiger partial charge on any atom is 0.269 e. The Morgan fingerprint density at radius 2 is 2.17 bits per heavy atom. The van der Waals surface area contributed by atoms with Gasteiger partial charge in [-0.2, -0.15) is 24.7 Å². The molecule has 131 valence electrons. The Kier molecular flexibility index (Phi) is 4.81. The van der Waals surface area contributed by atoms with Gasteiger partial charge in [-0.25, -0.2) is 4.68 Å². The number of ether oxygens (including phenoxy) is 1. The van der Waals surface area contributed by atoms with Crippen LogP contribution in [0.4, 0.5) is 5.95 Å². The Morgan fingerprint density at radius 1 is 1.33 bits per heavy atom. The van der Waals surface area contributed by atoms with Crippen molar-refractivity contribution in [3.8, 4) is 11.4 Å². The third-order valence-corrected chi connectivity index (χ3v) is 5.63. The normalized spacial score (nSPS) is 14.3. The van der Waals surface area contributed by atoms with Gasteiger partial charge in [-0.3, -0.25) is 9.36 Å². The molecule has 8 nitrogen and oxygen atoms in total. The molecule has 0 saturated heterocycles. The largest absolute Gasteiger partial charge is 0.362 e. The van der Waals surface area contributed by atoms with Crippen molar-refractivity contribution in [1.82, 2.24) is 24.5 Å². The summed E-state index contributed by atoms with van der Waals surface area (Å²) < 4.78 is 8.90. The summed E-state index contributed by atoms with van der Waals surface area (Å²) in [6.45, 7) is 9.47. The highest BCUT2D eigenvalue weighted by Crippen LogP contribution is 2.21. The van der Waals surface area contributed by atoms with E-state index in [4.69, 9.17) is 4.74 Å². The minimum Gasteiger partial charge on any atom is -0.362 e. The summed E-state index contributed by atoms with van der Waals surface area (Å²) in [5.41, 5.74) is 0.488. The molecule has 0 unspecified atom stereocenters. The molecule has 3 rings (SSSR count). The van der Waals surface area contributed by atoms with Crippen LogP contribution in [0, 0.1) is 0 Å². The van der Waals surface area contributed by atoms with Crippen molar-refractivity contribution in [3.63, 3.8) is 0 Å². The van der Waals surface area contributed by atoms with Crippen molar-refractivity contribution in [2.75, 3.05) is 18.5 Å². The Labute approximate surface area is 141 Å². The highest BCUT2D eigenvalue weighted by molar-refractivity contribution is 6.76. The zero-order valence-electron chi connectivity index (χ0n) is 14.4. The van der Waals surface area contributed by atoms with Gasteiger partial charge in [-0.05, 0) is 6.42 Å². The topological polar surface area (TPSA) is 86.9 Å². The predicted molar refractivity (Wildman–Crippen MR) is 94.7 cm³/mol. The quantitative estimate of drug-likeness (QED) is 0.631. The van der Waals surface area contributed by atoms with Crippen molar-refractivity contribution < 1.29 is 4.74 Å². The molecular weight excluding hydrogens is 324 g/mol. The second kappa shape index (κ2) is 6.86. The lowest BCUT2D eigenvalue weighted by atomic mass is 10.2. The lowest BCUT2D eigenvalue weighted by molar-refractivity contribution is 0.0750. The van der Waals surface area contributed by atoms with Crippen LogP contribution in [0.15, 0.2) is 17.1 Å². The monoisotopic (exact) mass is 348 g/mol. The van der Waals surface area contributed by atoms with Gasteiger partial charge in [-0.15, -0.1) is 24.3 Å². The average Bonchev–Trinajstić information content (AvgIpc) is 2.96. The Bertz CT molecular complexity index is 764. The molecule has 0 atom stereocenters. The molecule has 0 spiro atoms. The summed E-state index contributed by atoms with van der Waals surface area (Å²) in [4.78, 5) is 12.3. The van der Waals surface area contributed by atoms with Crippen molar-refractivity contribution in [2.24, 2.45) is 0 Å². The van der Waals surface area contributed by atoms with Gasteiger partial charge in [0.05, 0.1) is 6.20 Å². The van der Waals surface area contributed by atoms with E-state index in [2.05, 4.69) is 40.3 Å². The molecule has 0 aromatic carbocycles. The van der Waals surface area contributed by atoms with Crippen molar-refractivity contribution in [1.29, 1.82) is 0 Å². The first-order valence-electron chi connectivity index (χ1n) is 8.26. The van der Waals surface area contributed by atoms with Crippen molar-refractivity contribution in [2.45, 2.75) is 45.4 Å². The predicted octanol–water partition coefficient (Wildman–Crippen LogP) is 1.63. The molecule has 0 saturated carbocycles. The minimum absolute atomic E-state index is 0.184. The van der Waals surface area contributed by atoms with Gasteiger partial charge in [0.1, 0.15) is 6.73 Å². The van der Waals surface area contributed by atoms with E-state index in [-0.39, 0.29) is 12.3 Å². The van der Waals surface area contributed by atoms with Crippen LogP contribution in [-0.4, -0.2) is 45.8 Å². The number of anilines is 1. The van der Waals surface area contributed by atoms with Gasteiger partial charge in [-0.1, -0.05) is 0 Å². The van der Waals surface area contributed by atoms with Crippen LogP contribution in [0.2, 0.25) is 25.7 Å². The summed E-state index contributed by atoms with van der Waals surface area (Å²) in [5, 5.41) is 15.7. The molecule has 1 aliphatic rings. The fourth-order valence-corrected chi connectivity index (χ4v) is 3.24. The van der Waals surface area contributed by atoms with Crippen molar-refractivity contribution in [3.05, 3.63) is 22.6 Å². The molecule has 0 fully saturated rings. The lowest BCUT2D eigenvalue weighted by Crippen LogP contribution is -2.26. The van der Waals surface area contributed by atoms with E-state index in [9.17, 15) is 4.79 Å². The van der Waals surface area contributed by atoms with Gasteiger partial charge in [0.25, 0.3) is 5.56 Å². The third-order valence-electron chi connectivity index (χ3n) is 3.93. The highest BCUT2D eigenvalue weighted by Gasteiger charge is 2.17. The number of nitrogens with zero attached hydrogens (tertiary/aromatic N) is 5. The van der Waals surface area contributed by atoms with Gasteiger partial charge in [0.2, 0.25) is 5.95 Å². The zero-order valence-corrected chi connectivity index (χ0v) is 15.4. The van der Waals surface area contributed by atoms with Gasteiger partial charge >= 0.3 is 0 Å². The fraction of sp³-hybridized carbons (Fsp3) is 0.600. The molecule has 9 heteroatoms. The van der Waals surface area contributed by atoms with Crippen LogP contribution in [0.5, 0.6) is 0 Å². The molecule has 1 aliphatic heterocycles. The smallest absolute Gasteiger partial charge is 0.269 e. The minimum atomic E-state index is -1.13. The first-order chi connectivity index (χ1) is 11.4. The zero-order chi connectivity index (χ0) is 17.2. The third kappa shape index (κ3) is 3.90.